The van der Waals surface area contributed by atoms with Gasteiger partial charge in [0.2, 0.25) is 0 Å². The Bertz CT molecular complexity index is 2190. The number of benzene rings is 4. The molecule has 0 saturated heterocycles. The number of hydrogen-bond donors (Lipinski definition) is 0. The van der Waals surface area contributed by atoms with Crippen LogP contribution in [0.25, 0.3) is 32.7 Å². The Hall–Kier alpha value is -2.96. The van der Waals surface area contributed by atoms with E-state index in [9.17, 15) is 0 Å². The van der Waals surface area contributed by atoms with E-state index in [1.807, 2.05) is 36.4 Å². The number of hydrogen-bond acceptors (Lipinski definition) is 0. The molecule has 0 aromatic heterocycles. The normalized spacial score (nSPS) is 17.8. The fraction of sp³-hybridized carbons (Fsp3) is 0.306. The molecule has 1 atom stereocenters. The molecule has 5 aromatic carbocycles. The Kier molecular flexibility index (Phi) is 11.0. The van der Waals surface area contributed by atoms with Crippen molar-refractivity contribution in [2.24, 2.45) is 11.3 Å². The third-order valence-electron chi connectivity index (χ3n) is 10.7. The van der Waals surface area contributed by atoms with E-state index >= 15 is 0 Å². The summed E-state index contributed by atoms with van der Waals surface area (Å²) in [7, 11) is 0. The van der Waals surface area contributed by atoms with E-state index in [0.717, 1.165) is 21.2 Å². The van der Waals surface area contributed by atoms with E-state index in [1.54, 1.807) is 0 Å². The van der Waals surface area contributed by atoms with Gasteiger partial charge in [0.25, 0.3) is 0 Å². The van der Waals surface area contributed by atoms with Crippen molar-refractivity contribution in [3.63, 3.8) is 0 Å². The number of halogens is 2. The zero-order valence-electron chi connectivity index (χ0n) is 32.4. The molecule has 1 unspecified atom stereocenters. The summed E-state index contributed by atoms with van der Waals surface area (Å²) >= 11 is 13.3. The van der Waals surface area contributed by atoms with Gasteiger partial charge in [-0.05, 0) is 36.1 Å². The van der Waals surface area contributed by atoms with E-state index in [0.29, 0.717) is 11.3 Å². The molecule has 264 valence electrons. The molecule has 3 aliphatic rings. The number of fused-ring (bicyclic) bond motifs is 5. The topological polar surface area (TPSA) is 0 Å². The summed E-state index contributed by atoms with van der Waals surface area (Å²) in [5.74, 6) is 0.573. The van der Waals surface area contributed by atoms with Crippen LogP contribution < -0.4 is 0 Å². The molecule has 3 aliphatic carbocycles. The van der Waals surface area contributed by atoms with Crippen LogP contribution in [0.2, 0.25) is 10.0 Å². The third kappa shape index (κ3) is 7.94. The van der Waals surface area contributed by atoms with Crippen molar-refractivity contribution in [1.29, 1.82) is 0 Å². The second kappa shape index (κ2) is 14.7. The molecule has 0 aliphatic heterocycles. The van der Waals surface area contributed by atoms with Gasteiger partial charge in [0.15, 0.2) is 0 Å². The van der Waals surface area contributed by atoms with Crippen molar-refractivity contribution in [3.8, 4) is 0 Å². The Morgan fingerprint density at radius 3 is 1.58 bits per heavy atom. The van der Waals surface area contributed by atoms with Crippen LogP contribution in [0.4, 0.5) is 0 Å². The van der Waals surface area contributed by atoms with Crippen LogP contribution in [0.15, 0.2) is 109 Å². The molecular formula is C49H50Cl2Zr. The molecule has 0 N–H and O–H groups in total. The molecule has 3 heteroatoms. The van der Waals surface area contributed by atoms with Gasteiger partial charge in [0.1, 0.15) is 0 Å². The molecule has 0 radical (unpaired) electrons. The van der Waals surface area contributed by atoms with E-state index in [4.69, 9.17) is 23.2 Å². The summed E-state index contributed by atoms with van der Waals surface area (Å²) < 4.78 is 1.26. The molecule has 52 heavy (non-hydrogen) atoms. The molecular weight excluding hydrogens is 751 g/mol. The van der Waals surface area contributed by atoms with Crippen molar-refractivity contribution in [2.45, 2.75) is 86.5 Å². The van der Waals surface area contributed by atoms with Gasteiger partial charge >= 0.3 is 120 Å². The van der Waals surface area contributed by atoms with Crippen molar-refractivity contribution in [2.75, 3.05) is 0 Å². The van der Waals surface area contributed by atoms with Crippen LogP contribution >= 0.6 is 23.2 Å². The summed E-state index contributed by atoms with van der Waals surface area (Å²) in [6, 6.07) is 27.9. The second-order valence-corrected chi connectivity index (χ2v) is 18.9. The first-order valence-electron chi connectivity index (χ1n) is 18.4. The molecule has 0 fully saturated rings. The van der Waals surface area contributed by atoms with Crippen molar-refractivity contribution in [1.82, 2.24) is 0 Å². The number of rotatable bonds is 3. The fourth-order valence-corrected chi connectivity index (χ4v) is 9.03. The molecule has 0 nitrogen and oxygen atoms in total. The Morgan fingerprint density at radius 2 is 1.21 bits per heavy atom. The van der Waals surface area contributed by atoms with Crippen LogP contribution in [0, 0.1) is 17.4 Å². The standard InChI is InChI=1S/C25H25.C13H8Cl2.C11H17.Zr/c1-14-12-24(3,4)22-8-16-7-17-9-23-19(15(2)13-25(23,5)6)11-21(17)20(16)10-18(14)22;14-12-5-1-3-10(8-12)7-11-4-2-6-13(15)9-11;1-5-9-6-7-10(8-9)11(2,3)4;/h7-13H,1-6H3;1-6,8-9H;7-9H,5H2,1-4H3;/q-1;;-1;+2. The van der Waals surface area contributed by atoms with Crippen LogP contribution in [0.1, 0.15) is 109 Å². The summed E-state index contributed by atoms with van der Waals surface area (Å²) in [5, 5.41) is 7.10. The van der Waals surface area contributed by atoms with Crippen LogP contribution in [-0.2, 0) is 35.1 Å². The molecule has 8 rings (SSSR count). The van der Waals surface area contributed by atoms with Crippen molar-refractivity contribution in [3.05, 3.63) is 158 Å². The van der Waals surface area contributed by atoms with Gasteiger partial charge in [-0.2, -0.15) is 11.6 Å². The van der Waals surface area contributed by atoms with E-state index in [2.05, 4.69) is 142 Å². The molecule has 0 saturated carbocycles. The molecule has 0 amide bonds. The summed E-state index contributed by atoms with van der Waals surface area (Å²) in [6.45, 7) is 22.7. The molecule has 0 spiro atoms. The second-order valence-electron chi connectivity index (χ2n) is 16.8. The average molecular weight is 801 g/mol. The first-order valence-corrected chi connectivity index (χ1v) is 20.4. The maximum atomic E-state index is 5.98. The van der Waals surface area contributed by atoms with Gasteiger partial charge < -0.3 is 0 Å². The minimum absolute atomic E-state index is 0.139. The molecule has 5 aromatic rings. The van der Waals surface area contributed by atoms with Crippen LogP contribution in [-0.4, -0.2) is 3.21 Å². The fourth-order valence-electron chi connectivity index (χ4n) is 7.88. The van der Waals surface area contributed by atoms with Crippen LogP contribution in [0.3, 0.4) is 0 Å². The van der Waals surface area contributed by atoms with Gasteiger partial charge in [-0.1, -0.05) is 109 Å². The van der Waals surface area contributed by atoms with Crippen molar-refractivity contribution < 1.29 is 24.2 Å². The van der Waals surface area contributed by atoms with Crippen molar-refractivity contribution >= 4 is 59.1 Å². The summed E-state index contributed by atoms with van der Waals surface area (Å²) in [6.07, 6.45) is 13.8. The predicted molar refractivity (Wildman–Crippen MR) is 226 cm³/mol. The van der Waals surface area contributed by atoms with E-state index in [-0.39, 0.29) is 10.8 Å². The minimum atomic E-state index is 0.139. The van der Waals surface area contributed by atoms with Gasteiger partial charge in [0.05, 0.1) is 0 Å². The predicted octanol–water partition coefficient (Wildman–Crippen LogP) is 14.6. The Morgan fingerprint density at radius 1 is 0.750 bits per heavy atom. The maximum absolute atomic E-state index is 5.98. The first kappa shape index (κ1) is 38.8. The molecule has 0 bridgehead atoms. The molecule has 0 heterocycles. The van der Waals surface area contributed by atoms with Gasteiger partial charge in [0, 0.05) is 10.8 Å². The zero-order chi connectivity index (χ0) is 37.7. The first-order chi connectivity index (χ1) is 24.4. The van der Waals surface area contributed by atoms with Gasteiger partial charge in [-0.15, -0.1) is 39.7 Å². The van der Waals surface area contributed by atoms with Gasteiger partial charge in [-0.3, -0.25) is 6.08 Å². The quantitative estimate of drug-likeness (QED) is 0.159. The zero-order valence-corrected chi connectivity index (χ0v) is 36.3. The van der Waals surface area contributed by atoms with Crippen LogP contribution in [0.5, 0.6) is 0 Å². The Balaban J connectivity index is 0.000000148. The average Bonchev–Trinajstić information content (AvgIpc) is 3.81. The number of allylic oxidation sites excluding steroid dienone is 8. The SMILES string of the molecule is CC1=CC(C)(C)c2cc3[cH-]c4cc5c(cc4c3cc21)C(C)=CC5(C)C.CCC1[C-]=CC(C(C)(C)C)=C1.Clc1cccc([C](=[Zr+2])c2cccc(Cl)c2)c1. The monoisotopic (exact) mass is 798 g/mol. The summed E-state index contributed by atoms with van der Waals surface area (Å²) in [5.41, 5.74) is 13.0. The summed E-state index contributed by atoms with van der Waals surface area (Å²) in [4.78, 5) is 0. The van der Waals surface area contributed by atoms with E-state index < -0.39 is 0 Å². The third-order valence-corrected chi connectivity index (χ3v) is 12.6. The Labute approximate surface area is 337 Å². The van der Waals surface area contributed by atoms with Gasteiger partial charge in [-0.25, -0.2) is 6.08 Å². The van der Waals surface area contributed by atoms with E-state index in [1.165, 1.54) is 94.4 Å².